The first-order valence-electron chi connectivity index (χ1n) is 7.53. The molecular weight excluding hydrogens is 310 g/mol. The highest BCUT2D eigenvalue weighted by atomic mass is 16.7. The molecule has 3 rings (SSSR count). The summed E-state index contributed by atoms with van der Waals surface area (Å²) in [6, 6.07) is 8.82. The maximum atomic E-state index is 12.1. The molecule has 1 aromatic carbocycles. The molecule has 1 aliphatic carbocycles. The Bertz CT molecular complexity index is 791. The highest BCUT2D eigenvalue weighted by molar-refractivity contribution is 5.76. The molecule has 2 unspecified atom stereocenters. The van der Waals surface area contributed by atoms with Crippen molar-refractivity contribution in [3.8, 4) is 0 Å². The van der Waals surface area contributed by atoms with Crippen LogP contribution in [0.1, 0.15) is 25.3 Å². The Balaban J connectivity index is 2.29. The quantitative estimate of drug-likeness (QED) is 0.677. The van der Waals surface area contributed by atoms with Crippen LogP contribution in [0.2, 0.25) is 0 Å². The number of hydrogen-bond acceptors (Lipinski definition) is 4. The van der Waals surface area contributed by atoms with E-state index in [9.17, 15) is 20.0 Å². The second kappa shape index (κ2) is 5.33. The molecule has 1 aromatic rings. The van der Waals surface area contributed by atoms with Crippen molar-refractivity contribution >= 4 is 5.97 Å². The molecular formula is C18H17NO5. The normalized spacial score (nSPS) is 25.3. The van der Waals surface area contributed by atoms with Crippen molar-refractivity contribution in [2.75, 3.05) is 0 Å². The van der Waals surface area contributed by atoms with Gasteiger partial charge in [0.25, 0.3) is 0 Å². The highest BCUT2D eigenvalue weighted by Crippen LogP contribution is 2.52. The van der Waals surface area contributed by atoms with E-state index in [-0.39, 0.29) is 0 Å². The first-order chi connectivity index (χ1) is 11.3. The summed E-state index contributed by atoms with van der Waals surface area (Å²) >= 11 is 0. The van der Waals surface area contributed by atoms with Crippen LogP contribution in [0.4, 0.5) is 0 Å². The van der Waals surface area contributed by atoms with Gasteiger partial charge in [0.15, 0.2) is 5.41 Å². The molecule has 0 spiro atoms. The standard InChI is InChI=1S/C18H17NO5/c1-17(2,16(20)21)18(19(22)23)14(12-7-4-3-5-8-12)11-13-9-6-10-15(13)24-18/h3-11,14H,1-2H3,(H,20,21). The van der Waals surface area contributed by atoms with Crippen LogP contribution in [-0.2, 0) is 9.53 Å². The third-order valence-corrected chi connectivity index (χ3v) is 4.70. The van der Waals surface area contributed by atoms with Gasteiger partial charge in [0.2, 0.25) is 0 Å². The molecule has 0 amide bonds. The number of benzene rings is 1. The van der Waals surface area contributed by atoms with Crippen molar-refractivity contribution in [1.82, 2.24) is 0 Å². The van der Waals surface area contributed by atoms with Gasteiger partial charge in [-0.15, -0.1) is 0 Å². The molecule has 6 nitrogen and oxygen atoms in total. The average molecular weight is 327 g/mol. The van der Waals surface area contributed by atoms with Crippen molar-refractivity contribution < 1.29 is 19.6 Å². The molecule has 0 fully saturated rings. The maximum Gasteiger partial charge on any atom is 0.389 e. The second-order valence-corrected chi connectivity index (χ2v) is 6.39. The van der Waals surface area contributed by atoms with Gasteiger partial charge in [0, 0.05) is 5.57 Å². The van der Waals surface area contributed by atoms with Gasteiger partial charge in [-0.3, -0.25) is 14.9 Å². The summed E-state index contributed by atoms with van der Waals surface area (Å²) in [5.74, 6) is -1.80. The minimum atomic E-state index is -2.15. The number of fused-ring (bicyclic) bond motifs is 1. The fraction of sp³-hybridized carbons (Fsp3) is 0.278. The van der Waals surface area contributed by atoms with Gasteiger partial charge in [0.1, 0.15) is 11.7 Å². The van der Waals surface area contributed by atoms with Crippen molar-refractivity contribution in [1.29, 1.82) is 0 Å². The molecule has 1 heterocycles. The molecule has 2 atom stereocenters. The minimum absolute atomic E-state index is 0.327. The monoisotopic (exact) mass is 327 g/mol. The summed E-state index contributed by atoms with van der Waals surface area (Å²) in [6.45, 7) is 2.66. The van der Waals surface area contributed by atoms with Gasteiger partial charge in [-0.05, 0) is 25.5 Å². The van der Waals surface area contributed by atoms with E-state index in [1.54, 1.807) is 54.6 Å². The molecule has 0 aromatic heterocycles. The van der Waals surface area contributed by atoms with Crippen LogP contribution in [0, 0.1) is 15.5 Å². The smallest absolute Gasteiger partial charge is 0.389 e. The number of carbonyl (C=O) groups is 1. The van der Waals surface area contributed by atoms with E-state index < -0.39 is 28.0 Å². The Hall–Kier alpha value is -2.89. The molecule has 24 heavy (non-hydrogen) atoms. The highest BCUT2D eigenvalue weighted by Gasteiger charge is 2.69. The van der Waals surface area contributed by atoms with Crippen molar-refractivity contribution in [3.63, 3.8) is 0 Å². The van der Waals surface area contributed by atoms with Crippen LogP contribution in [-0.4, -0.2) is 21.7 Å². The predicted octanol–water partition coefficient (Wildman–Crippen LogP) is 3.26. The van der Waals surface area contributed by atoms with E-state index in [2.05, 4.69) is 0 Å². The molecule has 124 valence electrons. The topological polar surface area (TPSA) is 89.7 Å². The summed E-state index contributed by atoms with van der Waals surface area (Å²) in [4.78, 5) is 23.4. The Labute approximate surface area is 138 Å². The van der Waals surface area contributed by atoms with Crippen LogP contribution < -0.4 is 0 Å². The SMILES string of the molecule is CC(C)(C(=O)O)C1([N+](=O)[O-])OC2=CC=CC2=CC1c1ccccc1. The lowest BCUT2D eigenvalue weighted by Gasteiger charge is -2.42. The molecule has 1 aliphatic heterocycles. The zero-order valence-corrected chi connectivity index (χ0v) is 13.3. The zero-order valence-electron chi connectivity index (χ0n) is 13.3. The Kier molecular flexibility index (Phi) is 3.55. The molecule has 0 radical (unpaired) electrons. The molecule has 1 N–H and O–H groups in total. The van der Waals surface area contributed by atoms with Crippen LogP contribution in [0.15, 0.2) is 66.0 Å². The molecule has 0 bridgehead atoms. The van der Waals surface area contributed by atoms with E-state index in [1.807, 2.05) is 0 Å². The number of hydrogen-bond donors (Lipinski definition) is 1. The van der Waals surface area contributed by atoms with Gasteiger partial charge in [0.05, 0.1) is 4.92 Å². The number of ether oxygens (including phenoxy) is 1. The summed E-state index contributed by atoms with van der Waals surface area (Å²) in [7, 11) is 0. The Morgan fingerprint density at radius 3 is 2.58 bits per heavy atom. The summed E-state index contributed by atoms with van der Waals surface area (Å²) in [6.07, 6.45) is 6.86. The Morgan fingerprint density at radius 1 is 1.33 bits per heavy atom. The number of rotatable bonds is 4. The number of nitrogens with zero attached hydrogens (tertiary/aromatic N) is 1. The largest absolute Gasteiger partial charge is 0.481 e. The zero-order chi connectivity index (χ0) is 17.5. The van der Waals surface area contributed by atoms with Crippen molar-refractivity contribution in [3.05, 3.63) is 81.6 Å². The first kappa shape index (κ1) is 16.0. The van der Waals surface area contributed by atoms with Crippen LogP contribution in [0.5, 0.6) is 0 Å². The lowest BCUT2D eigenvalue weighted by molar-refractivity contribution is -0.647. The Morgan fingerprint density at radius 2 is 2.00 bits per heavy atom. The second-order valence-electron chi connectivity index (χ2n) is 6.39. The third kappa shape index (κ3) is 2.06. The van der Waals surface area contributed by atoms with E-state index in [0.29, 0.717) is 11.3 Å². The fourth-order valence-electron chi connectivity index (χ4n) is 3.20. The fourth-order valence-corrected chi connectivity index (χ4v) is 3.20. The molecule has 6 heteroatoms. The minimum Gasteiger partial charge on any atom is -0.481 e. The van der Waals surface area contributed by atoms with Crippen LogP contribution >= 0.6 is 0 Å². The number of allylic oxidation sites excluding steroid dienone is 3. The van der Waals surface area contributed by atoms with Gasteiger partial charge in [-0.25, -0.2) is 0 Å². The number of aliphatic carboxylic acids is 1. The summed E-state index contributed by atoms with van der Waals surface area (Å²) in [5, 5.41) is 21.8. The van der Waals surface area contributed by atoms with E-state index in [0.717, 1.165) is 5.57 Å². The van der Waals surface area contributed by atoms with Gasteiger partial charge in [-0.2, -0.15) is 0 Å². The predicted molar refractivity (Wildman–Crippen MR) is 86.7 cm³/mol. The summed E-state index contributed by atoms with van der Waals surface area (Å²) < 4.78 is 5.80. The van der Waals surface area contributed by atoms with Crippen molar-refractivity contribution in [2.45, 2.75) is 25.5 Å². The number of carboxylic acids is 1. The van der Waals surface area contributed by atoms with E-state index in [4.69, 9.17) is 4.74 Å². The maximum absolute atomic E-state index is 12.1. The average Bonchev–Trinajstić information content (AvgIpc) is 3.00. The molecule has 0 saturated heterocycles. The molecule has 2 aliphatic rings. The third-order valence-electron chi connectivity index (χ3n) is 4.70. The lowest BCUT2D eigenvalue weighted by atomic mass is 9.69. The molecule has 0 saturated carbocycles. The number of carboxylic acid groups (broad SMARTS) is 1. The summed E-state index contributed by atoms with van der Waals surface area (Å²) in [5.41, 5.74) is -2.55. The van der Waals surface area contributed by atoms with E-state index >= 15 is 0 Å². The lowest BCUT2D eigenvalue weighted by Crippen LogP contribution is -2.61. The van der Waals surface area contributed by atoms with Crippen molar-refractivity contribution in [2.24, 2.45) is 5.41 Å². The van der Waals surface area contributed by atoms with Gasteiger partial charge in [-0.1, -0.05) is 48.6 Å². The first-order valence-corrected chi connectivity index (χ1v) is 7.53. The van der Waals surface area contributed by atoms with E-state index in [1.165, 1.54) is 13.8 Å². The van der Waals surface area contributed by atoms with Crippen LogP contribution in [0.3, 0.4) is 0 Å². The number of nitro groups is 1. The van der Waals surface area contributed by atoms with Gasteiger partial charge >= 0.3 is 11.7 Å². The van der Waals surface area contributed by atoms with Crippen LogP contribution in [0.25, 0.3) is 0 Å². The van der Waals surface area contributed by atoms with Gasteiger partial charge < -0.3 is 9.84 Å².